The number of ether oxygens (including phenoxy) is 1. The highest BCUT2D eigenvalue weighted by molar-refractivity contribution is 5.72. The third-order valence-corrected chi connectivity index (χ3v) is 2.28. The lowest BCUT2D eigenvalue weighted by Crippen LogP contribution is -2.48. The van der Waals surface area contributed by atoms with Crippen LogP contribution in [-0.4, -0.2) is 49.2 Å². The Morgan fingerprint density at radius 1 is 1.67 bits per heavy atom. The molecule has 0 saturated carbocycles. The van der Waals surface area contributed by atoms with Gasteiger partial charge in [-0.1, -0.05) is 0 Å². The molecule has 0 radical (unpaired) electrons. The Morgan fingerprint density at radius 3 is 3.00 bits per heavy atom. The fraction of sp³-hybridized carbons (Fsp3) is 0.800. The summed E-state index contributed by atoms with van der Waals surface area (Å²) in [4.78, 5) is 12.8. The lowest BCUT2D eigenvalue weighted by Gasteiger charge is -2.33. The molecule has 0 bridgehead atoms. The molecule has 0 aromatic rings. The number of nitriles is 1. The first-order valence-corrected chi connectivity index (χ1v) is 5.13. The molecule has 1 aliphatic heterocycles. The minimum Gasteiger partial charge on any atom is -0.358 e. The summed E-state index contributed by atoms with van der Waals surface area (Å²) >= 11 is 0. The normalized spacial score (nSPS) is 27.0. The first-order chi connectivity index (χ1) is 7.11. The molecule has 2 unspecified atom stereocenters. The standard InChI is InChI=1S/C10H17N3O2/c1-8-6-13(4-3-12-9(2)14)7-10(5-11)15-8/h8,10H,3-4,6-7H2,1-2H3,(H,12,14). The van der Waals surface area contributed by atoms with Crippen LogP contribution in [0, 0.1) is 11.3 Å². The Kier molecular flexibility index (Phi) is 4.53. The Balaban J connectivity index is 2.29. The van der Waals surface area contributed by atoms with Crippen molar-refractivity contribution in [1.82, 2.24) is 10.2 Å². The number of hydrogen-bond acceptors (Lipinski definition) is 4. The number of carbonyl (C=O) groups is 1. The summed E-state index contributed by atoms with van der Waals surface area (Å²) < 4.78 is 5.40. The van der Waals surface area contributed by atoms with Gasteiger partial charge in [0.05, 0.1) is 12.2 Å². The summed E-state index contributed by atoms with van der Waals surface area (Å²) in [6, 6.07) is 2.11. The molecule has 1 heterocycles. The molecule has 1 N–H and O–H groups in total. The molecule has 84 valence electrons. The monoisotopic (exact) mass is 211 g/mol. The Morgan fingerprint density at radius 2 is 2.40 bits per heavy atom. The van der Waals surface area contributed by atoms with Crippen LogP contribution in [-0.2, 0) is 9.53 Å². The van der Waals surface area contributed by atoms with Crippen molar-refractivity contribution in [1.29, 1.82) is 5.26 Å². The van der Waals surface area contributed by atoms with Crippen LogP contribution < -0.4 is 5.32 Å². The summed E-state index contributed by atoms with van der Waals surface area (Å²) in [6.45, 7) is 6.29. The topological polar surface area (TPSA) is 65.4 Å². The van der Waals surface area contributed by atoms with E-state index in [1.165, 1.54) is 6.92 Å². The third-order valence-electron chi connectivity index (χ3n) is 2.28. The van der Waals surface area contributed by atoms with E-state index in [0.717, 1.165) is 13.1 Å². The lowest BCUT2D eigenvalue weighted by molar-refractivity contribution is -0.119. The number of nitrogens with zero attached hydrogens (tertiary/aromatic N) is 2. The van der Waals surface area contributed by atoms with Gasteiger partial charge < -0.3 is 10.1 Å². The van der Waals surface area contributed by atoms with E-state index in [2.05, 4.69) is 16.3 Å². The second-order valence-corrected chi connectivity index (χ2v) is 3.81. The summed E-state index contributed by atoms with van der Waals surface area (Å²) in [6.07, 6.45) is -0.258. The van der Waals surface area contributed by atoms with E-state index in [1.54, 1.807) is 0 Å². The van der Waals surface area contributed by atoms with Gasteiger partial charge in [-0.15, -0.1) is 0 Å². The fourth-order valence-corrected chi connectivity index (χ4v) is 1.68. The van der Waals surface area contributed by atoms with Gasteiger partial charge in [0.2, 0.25) is 5.91 Å². The zero-order chi connectivity index (χ0) is 11.3. The molecule has 0 aliphatic carbocycles. The van der Waals surface area contributed by atoms with Gasteiger partial charge in [-0.25, -0.2) is 0 Å². The van der Waals surface area contributed by atoms with Crippen molar-refractivity contribution >= 4 is 5.91 Å². The van der Waals surface area contributed by atoms with E-state index in [1.807, 2.05) is 6.92 Å². The van der Waals surface area contributed by atoms with Gasteiger partial charge in [0.25, 0.3) is 0 Å². The van der Waals surface area contributed by atoms with Gasteiger partial charge in [0, 0.05) is 33.1 Å². The zero-order valence-corrected chi connectivity index (χ0v) is 9.19. The number of carbonyl (C=O) groups excluding carboxylic acids is 1. The summed E-state index contributed by atoms with van der Waals surface area (Å²) in [5.41, 5.74) is 0. The van der Waals surface area contributed by atoms with Gasteiger partial charge in [-0.2, -0.15) is 5.26 Å². The molecule has 5 heteroatoms. The smallest absolute Gasteiger partial charge is 0.216 e. The molecule has 0 spiro atoms. The molecule has 2 atom stereocenters. The maximum atomic E-state index is 10.7. The highest BCUT2D eigenvalue weighted by Gasteiger charge is 2.24. The molecular formula is C10H17N3O2. The van der Waals surface area contributed by atoms with Crippen LogP contribution in [0.3, 0.4) is 0 Å². The molecule has 15 heavy (non-hydrogen) atoms. The molecular weight excluding hydrogens is 194 g/mol. The minimum absolute atomic E-state index is 0.0202. The van der Waals surface area contributed by atoms with Crippen LogP contribution in [0.5, 0.6) is 0 Å². The van der Waals surface area contributed by atoms with Crippen molar-refractivity contribution in [2.45, 2.75) is 26.1 Å². The van der Waals surface area contributed by atoms with Gasteiger partial charge >= 0.3 is 0 Å². The Hall–Kier alpha value is -1.12. The quantitative estimate of drug-likeness (QED) is 0.698. The fourth-order valence-electron chi connectivity index (χ4n) is 1.68. The number of nitrogens with one attached hydrogen (secondary N) is 1. The van der Waals surface area contributed by atoms with Crippen molar-refractivity contribution in [2.75, 3.05) is 26.2 Å². The van der Waals surface area contributed by atoms with Gasteiger partial charge in [-0.3, -0.25) is 9.69 Å². The lowest BCUT2D eigenvalue weighted by atomic mass is 10.2. The summed E-state index contributed by atoms with van der Waals surface area (Å²) in [7, 11) is 0. The predicted molar refractivity (Wildman–Crippen MR) is 55.1 cm³/mol. The Labute approximate surface area is 90.0 Å². The highest BCUT2D eigenvalue weighted by Crippen LogP contribution is 2.09. The van der Waals surface area contributed by atoms with Gasteiger partial charge in [0.15, 0.2) is 6.10 Å². The predicted octanol–water partition coefficient (Wildman–Crippen LogP) is -0.265. The number of amides is 1. The van der Waals surface area contributed by atoms with Crippen molar-refractivity contribution in [3.8, 4) is 6.07 Å². The summed E-state index contributed by atoms with van der Waals surface area (Å²) in [5.74, 6) is -0.0202. The second kappa shape index (κ2) is 5.69. The zero-order valence-electron chi connectivity index (χ0n) is 9.19. The van der Waals surface area contributed by atoms with E-state index in [-0.39, 0.29) is 18.1 Å². The number of rotatable bonds is 3. The number of hydrogen-bond donors (Lipinski definition) is 1. The molecule has 5 nitrogen and oxygen atoms in total. The molecule has 1 saturated heterocycles. The van der Waals surface area contributed by atoms with E-state index < -0.39 is 0 Å². The third kappa shape index (κ3) is 4.28. The van der Waals surface area contributed by atoms with Crippen molar-refractivity contribution in [3.63, 3.8) is 0 Å². The molecule has 1 rings (SSSR count). The first-order valence-electron chi connectivity index (χ1n) is 5.13. The van der Waals surface area contributed by atoms with E-state index in [0.29, 0.717) is 13.1 Å². The molecule has 1 amide bonds. The average Bonchev–Trinajstić information content (AvgIpc) is 2.16. The SMILES string of the molecule is CC(=O)NCCN1CC(C)OC(C#N)C1. The van der Waals surface area contributed by atoms with E-state index >= 15 is 0 Å². The first kappa shape index (κ1) is 12.0. The van der Waals surface area contributed by atoms with E-state index in [9.17, 15) is 4.79 Å². The van der Waals surface area contributed by atoms with Crippen molar-refractivity contribution < 1.29 is 9.53 Å². The maximum Gasteiger partial charge on any atom is 0.216 e. The van der Waals surface area contributed by atoms with E-state index in [4.69, 9.17) is 10.00 Å². The maximum absolute atomic E-state index is 10.7. The number of morpholine rings is 1. The van der Waals surface area contributed by atoms with Crippen LogP contribution in [0.25, 0.3) is 0 Å². The second-order valence-electron chi connectivity index (χ2n) is 3.81. The van der Waals surface area contributed by atoms with Crippen LogP contribution in [0.1, 0.15) is 13.8 Å². The van der Waals surface area contributed by atoms with Crippen LogP contribution >= 0.6 is 0 Å². The Bertz CT molecular complexity index is 262. The molecule has 0 aromatic heterocycles. The largest absolute Gasteiger partial charge is 0.358 e. The molecule has 1 fully saturated rings. The average molecular weight is 211 g/mol. The molecule has 0 aromatic carbocycles. The van der Waals surface area contributed by atoms with Crippen LogP contribution in [0.2, 0.25) is 0 Å². The van der Waals surface area contributed by atoms with Crippen LogP contribution in [0.4, 0.5) is 0 Å². The van der Waals surface area contributed by atoms with Crippen LogP contribution in [0.15, 0.2) is 0 Å². The molecule has 1 aliphatic rings. The van der Waals surface area contributed by atoms with Gasteiger partial charge in [0.1, 0.15) is 0 Å². The van der Waals surface area contributed by atoms with Crippen molar-refractivity contribution in [2.24, 2.45) is 0 Å². The minimum atomic E-state index is -0.342. The van der Waals surface area contributed by atoms with Gasteiger partial charge in [-0.05, 0) is 6.92 Å². The highest BCUT2D eigenvalue weighted by atomic mass is 16.5. The van der Waals surface area contributed by atoms with Crippen molar-refractivity contribution in [3.05, 3.63) is 0 Å². The summed E-state index contributed by atoms with van der Waals surface area (Å²) in [5, 5.41) is 11.5.